The maximum Gasteiger partial charge on any atom is 0.240 e. The number of nitrogens with zero attached hydrogens (tertiary/aromatic N) is 2. The number of para-hydroxylation sites is 1. The summed E-state index contributed by atoms with van der Waals surface area (Å²) in [6.07, 6.45) is 0.965. The van der Waals surface area contributed by atoms with E-state index in [1.165, 1.54) is 11.3 Å². The molecule has 0 saturated heterocycles. The monoisotopic (exact) mass is 449 g/mol. The molecular formula is C26H31N3O2S. The Morgan fingerprint density at radius 1 is 1.00 bits per heavy atom. The maximum absolute atomic E-state index is 13.2. The molecule has 1 atom stereocenters. The first-order chi connectivity index (χ1) is 15.3. The van der Waals surface area contributed by atoms with E-state index >= 15 is 0 Å². The van der Waals surface area contributed by atoms with Crippen molar-refractivity contribution < 1.29 is 8.42 Å². The third-order valence-electron chi connectivity index (χ3n) is 6.18. The first-order valence-electron chi connectivity index (χ1n) is 10.9. The quantitative estimate of drug-likeness (QED) is 0.579. The lowest BCUT2D eigenvalue weighted by atomic mass is 10.0. The lowest BCUT2D eigenvalue weighted by molar-refractivity contribution is 0.562. The maximum atomic E-state index is 13.2. The molecule has 3 aromatic rings. The number of anilines is 2. The van der Waals surface area contributed by atoms with Gasteiger partial charge in [0.15, 0.2) is 0 Å². The number of nitrogens with one attached hydrogen (secondary N) is 1. The van der Waals surface area contributed by atoms with Crippen LogP contribution in [0.1, 0.15) is 28.3 Å². The van der Waals surface area contributed by atoms with Crippen molar-refractivity contribution in [1.82, 2.24) is 4.72 Å². The van der Waals surface area contributed by atoms with E-state index in [0.29, 0.717) is 11.4 Å². The van der Waals surface area contributed by atoms with Gasteiger partial charge in [-0.2, -0.15) is 0 Å². The van der Waals surface area contributed by atoms with Crippen LogP contribution in [0.4, 0.5) is 11.4 Å². The first-order valence-corrected chi connectivity index (χ1v) is 12.4. The fourth-order valence-corrected chi connectivity index (χ4v) is 5.72. The highest BCUT2D eigenvalue weighted by Crippen LogP contribution is 2.35. The molecule has 3 aromatic carbocycles. The molecule has 4 rings (SSSR count). The van der Waals surface area contributed by atoms with E-state index in [9.17, 15) is 8.42 Å². The van der Waals surface area contributed by atoms with Gasteiger partial charge in [0.05, 0.1) is 10.9 Å². The molecule has 0 aromatic heterocycles. The molecule has 0 spiro atoms. The van der Waals surface area contributed by atoms with Crippen LogP contribution in [0.25, 0.3) is 0 Å². The zero-order valence-corrected chi connectivity index (χ0v) is 20.0. The number of aryl methyl sites for hydroxylation is 2. The molecule has 0 radical (unpaired) electrons. The predicted molar refractivity (Wildman–Crippen MR) is 132 cm³/mol. The van der Waals surface area contributed by atoms with Crippen molar-refractivity contribution in [1.29, 1.82) is 0 Å². The Morgan fingerprint density at radius 3 is 2.41 bits per heavy atom. The van der Waals surface area contributed by atoms with Crippen molar-refractivity contribution in [2.45, 2.75) is 31.2 Å². The summed E-state index contributed by atoms with van der Waals surface area (Å²) in [5, 5.41) is 0. The average molecular weight is 450 g/mol. The van der Waals surface area contributed by atoms with Gasteiger partial charge in [0.25, 0.3) is 0 Å². The van der Waals surface area contributed by atoms with Gasteiger partial charge in [-0.05, 0) is 61.2 Å². The number of sulfonamides is 1. The van der Waals surface area contributed by atoms with E-state index < -0.39 is 10.0 Å². The predicted octanol–water partition coefficient (Wildman–Crippen LogP) is 4.45. The molecule has 0 saturated carbocycles. The fourth-order valence-electron chi connectivity index (χ4n) is 4.46. The largest absolute Gasteiger partial charge is 0.378 e. The SMILES string of the molecule is Cc1ccc(S(=O)(=O)NC[C@@H](c2ccc(N(C)C)cc2)N2CCc3ccccc32)c(C)c1. The van der Waals surface area contributed by atoms with Crippen molar-refractivity contribution in [2.24, 2.45) is 0 Å². The number of hydrogen-bond donors (Lipinski definition) is 1. The number of rotatable bonds is 7. The molecule has 1 aliphatic heterocycles. The smallest absolute Gasteiger partial charge is 0.240 e. The Hall–Kier alpha value is -2.83. The Morgan fingerprint density at radius 2 is 1.72 bits per heavy atom. The summed E-state index contributed by atoms with van der Waals surface area (Å²) in [6.45, 7) is 4.97. The van der Waals surface area contributed by atoms with Gasteiger partial charge in [-0.3, -0.25) is 0 Å². The molecule has 0 bridgehead atoms. The van der Waals surface area contributed by atoms with Crippen LogP contribution in [0.5, 0.6) is 0 Å². The summed E-state index contributed by atoms with van der Waals surface area (Å²) in [5.74, 6) is 0. The Balaban J connectivity index is 1.65. The van der Waals surface area contributed by atoms with Crippen LogP contribution >= 0.6 is 0 Å². The van der Waals surface area contributed by atoms with Crippen molar-refractivity contribution in [2.75, 3.05) is 37.0 Å². The molecule has 32 heavy (non-hydrogen) atoms. The molecule has 6 heteroatoms. The van der Waals surface area contributed by atoms with Crippen molar-refractivity contribution in [3.05, 3.63) is 89.0 Å². The Kier molecular flexibility index (Phi) is 6.26. The topological polar surface area (TPSA) is 52.7 Å². The van der Waals surface area contributed by atoms with Crippen LogP contribution in [0.2, 0.25) is 0 Å². The second-order valence-corrected chi connectivity index (χ2v) is 10.4. The molecule has 5 nitrogen and oxygen atoms in total. The van der Waals surface area contributed by atoms with Crippen LogP contribution in [0, 0.1) is 13.8 Å². The van der Waals surface area contributed by atoms with Gasteiger partial charge in [0.1, 0.15) is 0 Å². The van der Waals surface area contributed by atoms with Gasteiger partial charge in [0.2, 0.25) is 10.0 Å². The molecule has 0 aliphatic carbocycles. The van der Waals surface area contributed by atoms with Crippen LogP contribution < -0.4 is 14.5 Å². The van der Waals surface area contributed by atoms with Crippen LogP contribution in [-0.4, -0.2) is 35.6 Å². The lowest BCUT2D eigenvalue weighted by Gasteiger charge is -2.31. The van der Waals surface area contributed by atoms with Crippen LogP contribution in [-0.2, 0) is 16.4 Å². The molecule has 0 amide bonds. The van der Waals surface area contributed by atoms with Gasteiger partial charge in [-0.1, -0.05) is 48.0 Å². The van der Waals surface area contributed by atoms with Crippen molar-refractivity contribution in [3.8, 4) is 0 Å². The zero-order chi connectivity index (χ0) is 22.9. The van der Waals surface area contributed by atoms with E-state index in [4.69, 9.17) is 0 Å². The van der Waals surface area contributed by atoms with E-state index in [2.05, 4.69) is 57.0 Å². The number of benzene rings is 3. The van der Waals surface area contributed by atoms with Gasteiger partial charge < -0.3 is 9.80 Å². The summed E-state index contributed by atoms with van der Waals surface area (Å²) < 4.78 is 29.2. The highest BCUT2D eigenvalue weighted by Gasteiger charge is 2.29. The van der Waals surface area contributed by atoms with E-state index in [0.717, 1.165) is 35.3 Å². The molecule has 0 unspecified atom stereocenters. The third-order valence-corrected chi connectivity index (χ3v) is 7.76. The van der Waals surface area contributed by atoms with E-state index in [-0.39, 0.29) is 6.04 Å². The normalized spacial score (nSPS) is 14.3. The van der Waals surface area contributed by atoms with Gasteiger partial charge >= 0.3 is 0 Å². The average Bonchev–Trinajstić information content (AvgIpc) is 3.18. The Bertz CT molecular complexity index is 1200. The summed E-state index contributed by atoms with van der Waals surface area (Å²) in [6, 6.07) is 22.1. The second-order valence-electron chi connectivity index (χ2n) is 8.69. The zero-order valence-electron chi connectivity index (χ0n) is 19.2. The summed E-state index contributed by atoms with van der Waals surface area (Å²) >= 11 is 0. The van der Waals surface area contributed by atoms with Gasteiger partial charge in [-0.15, -0.1) is 0 Å². The van der Waals surface area contributed by atoms with Crippen molar-refractivity contribution in [3.63, 3.8) is 0 Å². The minimum absolute atomic E-state index is 0.101. The molecule has 0 fully saturated rings. The third kappa shape index (κ3) is 4.52. The molecule has 1 N–H and O–H groups in total. The number of hydrogen-bond acceptors (Lipinski definition) is 4. The highest BCUT2D eigenvalue weighted by atomic mass is 32.2. The first kappa shape index (κ1) is 22.4. The van der Waals surface area contributed by atoms with Crippen molar-refractivity contribution >= 4 is 21.4 Å². The summed E-state index contributed by atoms with van der Waals surface area (Å²) in [7, 11) is 0.406. The lowest BCUT2D eigenvalue weighted by Crippen LogP contribution is -2.37. The van der Waals surface area contributed by atoms with E-state index in [1.54, 1.807) is 6.07 Å². The minimum atomic E-state index is -3.62. The van der Waals surface area contributed by atoms with Crippen LogP contribution in [0.3, 0.4) is 0 Å². The fraction of sp³-hybridized carbons (Fsp3) is 0.308. The summed E-state index contributed by atoms with van der Waals surface area (Å²) in [4.78, 5) is 4.73. The molecule has 1 heterocycles. The Labute approximate surface area is 191 Å². The molecular weight excluding hydrogens is 418 g/mol. The number of fused-ring (bicyclic) bond motifs is 1. The highest BCUT2D eigenvalue weighted by molar-refractivity contribution is 7.89. The minimum Gasteiger partial charge on any atom is -0.378 e. The van der Waals surface area contributed by atoms with Crippen LogP contribution in [0.15, 0.2) is 71.6 Å². The molecule has 168 valence electrons. The molecule has 1 aliphatic rings. The second kappa shape index (κ2) is 8.96. The van der Waals surface area contributed by atoms with Gasteiger partial charge in [0, 0.05) is 38.6 Å². The standard InChI is InChI=1S/C26H31N3O2S/c1-19-9-14-26(20(2)17-19)32(30,31)27-18-25(22-10-12-23(13-11-22)28(3)4)29-16-15-21-7-5-6-8-24(21)29/h5-14,17,25,27H,15-16,18H2,1-4H3/t25-/m0/s1. The van der Waals surface area contributed by atoms with Gasteiger partial charge in [-0.25, -0.2) is 13.1 Å². The summed E-state index contributed by atoms with van der Waals surface area (Å²) in [5.41, 5.74) is 6.50. The van der Waals surface area contributed by atoms with E-state index in [1.807, 2.05) is 46.1 Å².